The molecule has 1 aliphatic rings. The van der Waals surface area contributed by atoms with Gasteiger partial charge in [-0.25, -0.2) is 4.79 Å². The van der Waals surface area contributed by atoms with Gasteiger partial charge in [0.05, 0.1) is 21.6 Å². The summed E-state index contributed by atoms with van der Waals surface area (Å²) in [4.78, 5) is 40.0. The van der Waals surface area contributed by atoms with Crippen LogP contribution in [0.4, 0.5) is 0 Å². The molecule has 2 amide bonds. The van der Waals surface area contributed by atoms with Crippen molar-refractivity contribution in [3.05, 3.63) is 94.2 Å². The molecule has 0 fully saturated rings. The molecule has 0 radical (unpaired) electrons. The lowest BCUT2D eigenvalue weighted by atomic mass is 10.1. The molecule has 0 saturated heterocycles. The number of benzene rings is 2. The summed E-state index contributed by atoms with van der Waals surface area (Å²) in [6.45, 7) is 0.0598. The molecular formula is C24H17N3O5S. The van der Waals surface area contributed by atoms with Crippen LogP contribution in [0.5, 0.6) is 0 Å². The smallest absolute Gasteiger partial charge is 0.338 e. The van der Waals surface area contributed by atoms with E-state index in [1.165, 1.54) is 34.4 Å². The Bertz CT molecular complexity index is 1330. The molecule has 4 aromatic rings. The highest BCUT2D eigenvalue weighted by molar-refractivity contribution is 7.13. The molecule has 0 aliphatic carbocycles. The number of rotatable bonds is 7. The number of aromatic nitrogens is 2. The minimum Gasteiger partial charge on any atom is -0.452 e. The number of fused-ring (bicyclic) bond motifs is 1. The number of hydrogen-bond acceptors (Lipinski definition) is 8. The van der Waals surface area contributed by atoms with Gasteiger partial charge in [0, 0.05) is 6.54 Å². The number of thiophene rings is 1. The van der Waals surface area contributed by atoms with Crippen molar-refractivity contribution < 1.29 is 23.5 Å². The number of carbonyl (C=O) groups excluding carboxylic acids is 3. The summed E-state index contributed by atoms with van der Waals surface area (Å²) in [5.74, 6) is -0.924. The number of esters is 1. The predicted octanol–water partition coefficient (Wildman–Crippen LogP) is 3.99. The van der Waals surface area contributed by atoms with Gasteiger partial charge in [0.25, 0.3) is 23.6 Å². The van der Waals surface area contributed by atoms with E-state index in [4.69, 9.17) is 9.15 Å². The highest BCUT2D eigenvalue weighted by Crippen LogP contribution is 2.26. The van der Waals surface area contributed by atoms with E-state index in [2.05, 4.69) is 10.2 Å². The van der Waals surface area contributed by atoms with E-state index in [0.29, 0.717) is 12.3 Å². The summed E-state index contributed by atoms with van der Waals surface area (Å²) in [5.41, 5.74) is 1.67. The SMILES string of the molecule is O=C(OCc1nnc(-c2cccs2)o1)c1ccc2c(c1)C(=O)N(CCc1ccccc1)C2=O. The highest BCUT2D eigenvalue weighted by atomic mass is 32.1. The summed E-state index contributed by atoms with van der Waals surface area (Å²) in [5, 5.41) is 9.71. The molecule has 0 saturated carbocycles. The molecule has 164 valence electrons. The Morgan fingerprint density at radius 2 is 1.79 bits per heavy atom. The van der Waals surface area contributed by atoms with Crippen LogP contribution in [0.15, 0.2) is 70.5 Å². The first-order chi connectivity index (χ1) is 16.1. The van der Waals surface area contributed by atoms with Crippen LogP contribution in [0.1, 0.15) is 42.5 Å². The van der Waals surface area contributed by atoms with Gasteiger partial charge in [-0.2, -0.15) is 0 Å². The molecule has 2 aromatic carbocycles. The average Bonchev–Trinajstić information content (AvgIpc) is 3.58. The van der Waals surface area contributed by atoms with Gasteiger partial charge >= 0.3 is 5.97 Å². The van der Waals surface area contributed by atoms with Gasteiger partial charge in [0.2, 0.25) is 0 Å². The average molecular weight is 459 g/mol. The molecule has 9 heteroatoms. The molecule has 0 atom stereocenters. The van der Waals surface area contributed by atoms with Gasteiger partial charge < -0.3 is 9.15 Å². The largest absolute Gasteiger partial charge is 0.452 e. The lowest BCUT2D eigenvalue weighted by Crippen LogP contribution is -2.31. The van der Waals surface area contributed by atoms with E-state index in [-0.39, 0.29) is 41.6 Å². The number of carbonyl (C=O) groups is 3. The number of nitrogens with zero attached hydrogens (tertiary/aromatic N) is 3. The Morgan fingerprint density at radius 1 is 0.970 bits per heavy atom. The molecular weight excluding hydrogens is 442 g/mol. The Morgan fingerprint density at radius 3 is 2.58 bits per heavy atom. The van der Waals surface area contributed by atoms with Crippen molar-refractivity contribution in [1.82, 2.24) is 15.1 Å². The number of amides is 2. The number of hydrogen-bond donors (Lipinski definition) is 0. The third kappa shape index (κ3) is 4.18. The maximum absolute atomic E-state index is 12.8. The topological polar surface area (TPSA) is 103 Å². The van der Waals surface area contributed by atoms with Gasteiger partial charge in [-0.3, -0.25) is 14.5 Å². The van der Waals surface area contributed by atoms with Gasteiger partial charge in [0.15, 0.2) is 6.61 Å². The van der Waals surface area contributed by atoms with Crippen LogP contribution in [0.2, 0.25) is 0 Å². The van der Waals surface area contributed by atoms with Gasteiger partial charge in [-0.1, -0.05) is 36.4 Å². The second-order valence-electron chi connectivity index (χ2n) is 7.31. The quantitative estimate of drug-likeness (QED) is 0.304. The second kappa shape index (κ2) is 8.79. The van der Waals surface area contributed by atoms with E-state index in [1.807, 2.05) is 47.8 Å². The predicted molar refractivity (Wildman–Crippen MR) is 119 cm³/mol. The van der Waals surface area contributed by atoms with Crippen molar-refractivity contribution in [2.24, 2.45) is 0 Å². The summed E-state index contributed by atoms with van der Waals surface area (Å²) in [6.07, 6.45) is 0.554. The van der Waals surface area contributed by atoms with Crippen LogP contribution < -0.4 is 0 Å². The summed E-state index contributed by atoms with van der Waals surface area (Å²) >= 11 is 1.46. The molecule has 8 nitrogen and oxygen atoms in total. The Kier molecular flexibility index (Phi) is 5.54. The first kappa shape index (κ1) is 20.8. The first-order valence-electron chi connectivity index (χ1n) is 10.2. The zero-order valence-corrected chi connectivity index (χ0v) is 18.1. The fraction of sp³-hybridized carbons (Fsp3) is 0.125. The fourth-order valence-corrected chi connectivity index (χ4v) is 4.17. The summed E-state index contributed by atoms with van der Waals surface area (Å²) in [7, 11) is 0. The molecule has 33 heavy (non-hydrogen) atoms. The molecule has 0 N–H and O–H groups in total. The van der Waals surface area contributed by atoms with Crippen LogP contribution in [0.25, 0.3) is 10.8 Å². The van der Waals surface area contributed by atoms with Crippen molar-refractivity contribution in [3.8, 4) is 10.8 Å². The minimum atomic E-state index is -0.656. The normalized spacial score (nSPS) is 12.8. The van der Waals surface area contributed by atoms with Gasteiger partial charge in [0.1, 0.15) is 0 Å². The van der Waals surface area contributed by atoms with Crippen LogP contribution in [-0.4, -0.2) is 39.4 Å². The number of imide groups is 1. The van der Waals surface area contributed by atoms with Crippen LogP contribution in [-0.2, 0) is 17.8 Å². The first-order valence-corrected chi connectivity index (χ1v) is 11.1. The molecule has 3 heterocycles. The van der Waals surface area contributed by atoms with Gasteiger partial charge in [-0.05, 0) is 41.6 Å². The monoisotopic (exact) mass is 459 g/mol. The minimum absolute atomic E-state index is 0.159. The fourth-order valence-electron chi connectivity index (χ4n) is 3.53. The van der Waals surface area contributed by atoms with E-state index in [0.717, 1.165) is 10.4 Å². The molecule has 5 rings (SSSR count). The molecule has 1 aliphatic heterocycles. The lowest BCUT2D eigenvalue weighted by Gasteiger charge is -2.13. The van der Waals surface area contributed by atoms with E-state index < -0.39 is 11.9 Å². The Balaban J connectivity index is 1.24. The maximum atomic E-state index is 12.8. The maximum Gasteiger partial charge on any atom is 0.338 e. The van der Waals surface area contributed by atoms with Crippen molar-refractivity contribution in [1.29, 1.82) is 0 Å². The lowest BCUT2D eigenvalue weighted by molar-refractivity contribution is 0.0438. The molecule has 0 bridgehead atoms. The van der Waals surface area contributed by atoms with Crippen molar-refractivity contribution in [2.75, 3.05) is 6.54 Å². The summed E-state index contributed by atoms with van der Waals surface area (Å²) < 4.78 is 10.8. The van der Waals surface area contributed by atoms with E-state index >= 15 is 0 Å². The Hall–Kier alpha value is -4.11. The number of ether oxygens (including phenoxy) is 1. The zero-order valence-electron chi connectivity index (χ0n) is 17.3. The third-order valence-electron chi connectivity index (χ3n) is 5.20. The highest BCUT2D eigenvalue weighted by Gasteiger charge is 2.35. The van der Waals surface area contributed by atoms with Crippen LogP contribution >= 0.6 is 11.3 Å². The van der Waals surface area contributed by atoms with Crippen LogP contribution in [0, 0.1) is 0 Å². The molecule has 0 unspecified atom stereocenters. The molecule has 0 spiro atoms. The van der Waals surface area contributed by atoms with Crippen molar-refractivity contribution >= 4 is 29.1 Å². The standard InChI is InChI=1S/C24H17N3O5S/c28-22-17-9-8-16(13-18(17)23(29)27(22)11-10-15-5-2-1-3-6-15)24(30)31-14-20-25-26-21(32-20)19-7-4-12-33-19/h1-9,12-13H,10-11,14H2. The van der Waals surface area contributed by atoms with Crippen molar-refractivity contribution in [2.45, 2.75) is 13.0 Å². The van der Waals surface area contributed by atoms with Crippen LogP contribution in [0.3, 0.4) is 0 Å². The molecule has 2 aromatic heterocycles. The second-order valence-corrected chi connectivity index (χ2v) is 8.26. The van der Waals surface area contributed by atoms with Gasteiger partial charge in [-0.15, -0.1) is 21.5 Å². The van der Waals surface area contributed by atoms with Crippen molar-refractivity contribution in [3.63, 3.8) is 0 Å². The Labute approximate surface area is 192 Å². The third-order valence-corrected chi connectivity index (χ3v) is 6.06. The van der Waals surface area contributed by atoms with E-state index in [1.54, 1.807) is 0 Å². The summed E-state index contributed by atoms with van der Waals surface area (Å²) in [6, 6.07) is 17.7. The zero-order chi connectivity index (χ0) is 22.8. The van der Waals surface area contributed by atoms with E-state index in [9.17, 15) is 14.4 Å².